The summed E-state index contributed by atoms with van der Waals surface area (Å²) in [6, 6.07) is 12.7. The SMILES string of the molecule is COC(=O)C1=C(C(=O)OC)N(c2ccc3nc(-c4cccc(OC)c4)oc3c2)C=CC=C1. The normalized spacial score (nSPS) is 13.3. The quantitative estimate of drug-likeness (QED) is 0.559. The van der Waals surface area contributed by atoms with Gasteiger partial charge in [0.25, 0.3) is 0 Å². The molecule has 1 aliphatic rings. The smallest absolute Gasteiger partial charge is 0.355 e. The van der Waals surface area contributed by atoms with Crippen LogP contribution in [0.5, 0.6) is 5.75 Å². The standard InChI is InChI=1S/C24H20N2O6/c1-29-17-8-6-7-15(13-17)22-25-19-11-10-16(14-20(19)32-22)26-12-5-4-9-18(23(27)30-2)21(26)24(28)31-3/h4-14H,1-3H3. The molecule has 32 heavy (non-hydrogen) atoms. The number of esters is 2. The summed E-state index contributed by atoms with van der Waals surface area (Å²) >= 11 is 0. The zero-order chi connectivity index (χ0) is 22.7. The molecular formula is C24H20N2O6. The van der Waals surface area contributed by atoms with E-state index in [4.69, 9.17) is 18.6 Å². The summed E-state index contributed by atoms with van der Waals surface area (Å²) in [5, 5.41) is 0. The third kappa shape index (κ3) is 3.85. The summed E-state index contributed by atoms with van der Waals surface area (Å²) in [6.07, 6.45) is 6.50. The first-order chi connectivity index (χ1) is 15.5. The van der Waals surface area contributed by atoms with E-state index < -0.39 is 11.9 Å². The van der Waals surface area contributed by atoms with Gasteiger partial charge in [0.05, 0.1) is 26.9 Å². The Kier molecular flexibility index (Phi) is 5.76. The van der Waals surface area contributed by atoms with Crippen LogP contribution in [0.4, 0.5) is 5.69 Å². The Balaban J connectivity index is 1.81. The van der Waals surface area contributed by atoms with E-state index in [1.165, 1.54) is 20.3 Å². The predicted octanol–water partition coefficient (Wildman–Crippen LogP) is 3.99. The van der Waals surface area contributed by atoms with Crippen molar-refractivity contribution in [2.45, 2.75) is 0 Å². The number of fused-ring (bicyclic) bond motifs is 1. The summed E-state index contributed by atoms with van der Waals surface area (Å²) in [4.78, 5) is 31.0. The molecule has 8 nitrogen and oxygen atoms in total. The number of hydrogen-bond acceptors (Lipinski definition) is 8. The Hall–Kier alpha value is -4.33. The molecule has 0 saturated carbocycles. The van der Waals surface area contributed by atoms with E-state index in [9.17, 15) is 9.59 Å². The van der Waals surface area contributed by atoms with Crippen molar-refractivity contribution in [1.82, 2.24) is 4.98 Å². The number of aromatic nitrogens is 1. The molecule has 1 aliphatic heterocycles. The summed E-state index contributed by atoms with van der Waals surface area (Å²) in [7, 11) is 4.10. The number of nitrogens with zero attached hydrogens (tertiary/aromatic N) is 2. The molecule has 3 aromatic rings. The predicted molar refractivity (Wildman–Crippen MR) is 118 cm³/mol. The van der Waals surface area contributed by atoms with Gasteiger partial charge in [0.1, 0.15) is 17.0 Å². The Bertz CT molecular complexity index is 1280. The molecule has 0 fully saturated rings. The number of methoxy groups -OCH3 is 3. The largest absolute Gasteiger partial charge is 0.497 e. The monoisotopic (exact) mass is 432 g/mol. The highest BCUT2D eigenvalue weighted by Gasteiger charge is 2.27. The van der Waals surface area contributed by atoms with Crippen molar-refractivity contribution in [2.24, 2.45) is 0 Å². The summed E-state index contributed by atoms with van der Waals surface area (Å²) in [5.41, 5.74) is 2.59. The fourth-order valence-electron chi connectivity index (χ4n) is 3.31. The molecule has 0 atom stereocenters. The molecule has 0 amide bonds. The molecule has 4 rings (SSSR count). The number of ether oxygens (including phenoxy) is 3. The number of benzene rings is 2. The Morgan fingerprint density at radius 2 is 1.78 bits per heavy atom. The van der Waals surface area contributed by atoms with Gasteiger partial charge in [-0.1, -0.05) is 12.1 Å². The maximum absolute atomic E-state index is 12.6. The molecule has 0 N–H and O–H groups in total. The highest BCUT2D eigenvalue weighted by molar-refractivity contribution is 6.05. The second-order valence-electron chi connectivity index (χ2n) is 6.72. The molecule has 0 aliphatic carbocycles. The molecule has 8 heteroatoms. The van der Waals surface area contributed by atoms with Crippen LogP contribution in [0, 0.1) is 0 Å². The Labute approximate surface area is 184 Å². The molecule has 0 spiro atoms. The maximum atomic E-state index is 12.6. The van der Waals surface area contributed by atoms with Crippen LogP contribution in [-0.4, -0.2) is 38.3 Å². The first-order valence-electron chi connectivity index (χ1n) is 9.65. The van der Waals surface area contributed by atoms with Crippen LogP contribution in [0.3, 0.4) is 0 Å². The van der Waals surface area contributed by atoms with Crippen molar-refractivity contribution >= 4 is 28.7 Å². The molecule has 2 aromatic carbocycles. The summed E-state index contributed by atoms with van der Waals surface area (Å²) in [6.45, 7) is 0. The number of anilines is 1. The third-order valence-corrected chi connectivity index (χ3v) is 4.86. The lowest BCUT2D eigenvalue weighted by atomic mass is 10.1. The van der Waals surface area contributed by atoms with Gasteiger partial charge in [-0.2, -0.15) is 0 Å². The van der Waals surface area contributed by atoms with Gasteiger partial charge < -0.3 is 23.5 Å². The maximum Gasteiger partial charge on any atom is 0.355 e. The lowest BCUT2D eigenvalue weighted by molar-refractivity contribution is -0.139. The van der Waals surface area contributed by atoms with Crippen LogP contribution in [-0.2, 0) is 19.1 Å². The summed E-state index contributed by atoms with van der Waals surface area (Å²) in [5.74, 6) is -0.216. The Morgan fingerprint density at radius 3 is 2.53 bits per heavy atom. The van der Waals surface area contributed by atoms with Gasteiger partial charge in [-0.3, -0.25) is 0 Å². The Morgan fingerprint density at radius 1 is 0.969 bits per heavy atom. The van der Waals surface area contributed by atoms with Crippen molar-refractivity contribution in [3.05, 3.63) is 78.2 Å². The molecular weight excluding hydrogens is 412 g/mol. The van der Waals surface area contributed by atoms with Gasteiger partial charge in [-0.15, -0.1) is 0 Å². The lowest BCUT2D eigenvalue weighted by Crippen LogP contribution is -2.26. The fraction of sp³-hybridized carbons (Fsp3) is 0.125. The number of rotatable bonds is 5. The first-order valence-corrected chi connectivity index (χ1v) is 9.65. The van der Waals surface area contributed by atoms with E-state index in [1.54, 1.807) is 48.6 Å². The number of allylic oxidation sites excluding steroid dienone is 2. The minimum atomic E-state index is -0.684. The zero-order valence-electron chi connectivity index (χ0n) is 17.7. The van der Waals surface area contributed by atoms with Crippen LogP contribution in [0.2, 0.25) is 0 Å². The average Bonchev–Trinajstić information content (AvgIpc) is 3.14. The number of carbonyl (C=O) groups excluding carboxylic acids is 2. The molecule has 0 saturated heterocycles. The minimum absolute atomic E-state index is 0.0243. The van der Waals surface area contributed by atoms with E-state index in [2.05, 4.69) is 4.98 Å². The van der Waals surface area contributed by atoms with Crippen LogP contribution in [0.15, 0.2) is 82.6 Å². The first kappa shape index (κ1) is 20.9. The van der Waals surface area contributed by atoms with Crippen molar-refractivity contribution in [3.8, 4) is 17.2 Å². The van der Waals surface area contributed by atoms with Gasteiger partial charge >= 0.3 is 11.9 Å². The van der Waals surface area contributed by atoms with E-state index >= 15 is 0 Å². The molecule has 0 bridgehead atoms. The molecule has 162 valence electrons. The minimum Gasteiger partial charge on any atom is -0.497 e. The van der Waals surface area contributed by atoms with Crippen molar-refractivity contribution in [2.75, 3.05) is 26.2 Å². The highest BCUT2D eigenvalue weighted by atomic mass is 16.5. The van der Waals surface area contributed by atoms with Gasteiger partial charge in [0.2, 0.25) is 5.89 Å². The number of hydrogen-bond donors (Lipinski definition) is 0. The molecule has 1 aromatic heterocycles. The second kappa shape index (κ2) is 8.81. The molecule has 2 heterocycles. The highest BCUT2D eigenvalue weighted by Crippen LogP contribution is 2.32. The van der Waals surface area contributed by atoms with E-state index in [-0.39, 0.29) is 11.3 Å². The van der Waals surface area contributed by atoms with Crippen LogP contribution in [0.1, 0.15) is 0 Å². The fourth-order valence-corrected chi connectivity index (χ4v) is 3.31. The number of carbonyl (C=O) groups is 2. The third-order valence-electron chi connectivity index (χ3n) is 4.86. The zero-order valence-corrected chi connectivity index (χ0v) is 17.7. The van der Waals surface area contributed by atoms with E-state index in [0.717, 1.165) is 5.56 Å². The van der Waals surface area contributed by atoms with Gasteiger partial charge in [-0.25, -0.2) is 14.6 Å². The number of oxazole rings is 1. The van der Waals surface area contributed by atoms with Gasteiger partial charge in [0.15, 0.2) is 5.58 Å². The summed E-state index contributed by atoms with van der Waals surface area (Å²) < 4.78 is 21.0. The van der Waals surface area contributed by atoms with Crippen molar-refractivity contribution in [3.63, 3.8) is 0 Å². The lowest BCUT2D eigenvalue weighted by Gasteiger charge is -2.22. The molecule has 0 radical (unpaired) electrons. The average molecular weight is 432 g/mol. The van der Waals surface area contributed by atoms with Gasteiger partial charge in [0, 0.05) is 23.5 Å². The van der Waals surface area contributed by atoms with Crippen LogP contribution >= 0.6 is 0 Å². The van der Waals surface area contributed by atoms with E-state index in [0.29, 0.717) is 28.4 Å². The molecule has 0 unspecified atom stereocenters. The van der Waals surface area contributed by atoms with Crippen LogP contribution in [0.25, 0.3) is 22.6 Å². The van der Waals surface area contributed by atoms with Crippen LogP contribution < -0.4 is 9.64 Å². The second-order valence-corrected chi connectivity index (χ2v) is 6.72. The van der Waals surface area contributed by atoms with Crippen molar-refractivity contribution < 1.29 is 28.2 Å². The van der Waals surface area contributed by atoms with E-state index in [1.807, 2.05) is 24.3 Å². The van der Waals surface area contributed by atoms with Gasteiger partial charge in [-0.05, 0) is 42.5 Å². The topological polar surface area (TPSA) is 91.1 Å². The van der Waals surface area contributed by atoms with Crippen molar-refractivity contribution in [1.29, 1.82) is 0 Å².